The Morgan fingerprint density at radius 2 is 2.10 bits per heavy atom. The van der Waals surface area contributed by atoms with Crippen LogP contribution in [0.25, 0.3) is 6.08 Å². The molecule has 4 N–H and O–H groups in total. The highest BCUT2D eigenvalue weighted by atomic mass is 16.2. The van der Waals surface area contributed by atoms with Gasteiger partial charge in [-0.05, 0) is 16.9 Å². The second kappa shape index (κ2) is 6.85. The van der Waals surface area contributed by atoms with Crippen LogP contribution in [0.4, 0.5) is 5.95 Å². The molecule has 0 aliphatic rings. The van der Waals surface area contributed by atoms with Gasteiger partial charge in [-0.25, -0.2) is 0 Å². The molecule has 0 spiro atoms. The Labute approximate surface area is 121 Å². The van der Waals surface area contributed by atoms with Crippen LogP contribution < -0.4 is 16.6 Å². The number of carbonyl (C=O) groups excluding carboxylic acids is 1. The van der Waals surface area contributed by atoms with E-state index in [1.807, 2.05) is 36.4 Å². The van der Waals surface area contributed by atoms with E-state index in [2.05, 4.69) is 32.8 Å². The number of rotatable bonds is 6. The molecule has 0 atom stereocenters. The molecule has 0 aliphatic heterocycles. The number of hydrogen-bond acceptors (Lipinski definition) is 6. The van der Waals surface area contributed by atoms with Crippen LogP contribution in [-0.2, 0) is 11.3 Å². The molecular formula is C13H15N7O. The topological polar surface area (TPSA) is 111 Å². The summed E-state index contributed by atoms with van der Waals surface area (Å²) in [7, 11) is 0. The molecule has 108 valence electrons. The Morgan fingerprint density at radius 1 is 1.33 bits per heavy atom. The van der Waals surface area contributed by atoms with Crippen molar-refractivity contribution in [2.45, 2.75) is 6.54 Å². The van der Waals surface area contributed by atoms with E-state index in [1.54, 1.807) is 6.08 Å². The van der Waals surface area contributed by atoms with E-state index >= 15 is 0 Å². The van der Waals surface area contributed by atoms with E-state index in [4.69, 9.17) is 5.73 Å². The van der Waals surface area contributed by atoms with Gasteiger partial charge >= 0.3 is 0 Å². The quantitative estimate of drug-likeness (QED) is 0.513. The molecular weight excluding hydrogens is 270 g/mol. The Bertz CT molecular complexity index is 648. The summed E-state index contributed by atoms with van der Waals surface area (Å²) in [5, 5.41) is 10.7. The van der Waals surface area contributed by atoms with Crippen molar-refractivity contribution in [3.63, 3.8) is 0 Å². The molecule has 8 nitrogen and oxygen atoms in total. The summed E-state index contributed by atoms with van der Waals surface area (Å²) in [6.45, 7) is 3.68. The largest absolute Gasteiger partial charge is 0.365 e. The van der Waals surface area contributed by atoms with Gasteiger partial charge in [-0.2, -0.15) is 4.80 Å². The number of nitrogens with zero attached hydrogens (tertiary/aromatic N) is 4. The van der Waals surface area contributed by atoms with Crippen molar-refractivity contribution >= 4 is 17.9 Å². The Balaban J connectivity index is 1.76. The van der Waals surface area contributed by atoms with Gasteiger partial charge in [0.05, 0.1) is 0 Å². The van der Waals surface area contributed by atoms with Crippen molar-refractivity contribution < 1.29 is 4.79 Å². The van der Waals surface area contributed by atoms with Gasteiger partial charge in [0.25, 0.3) is 11.9 Å². The number of nitrogen functional groups attached to an aromatic ring is 1. The summed E-state index contributed by atoms with van der Waals surface area (Å²) < 4.78 is 0. The smallest absolute Gasteiger partial charge is 0.261 e. The van der Waals surface area contributed by atoms with Crippen molar-refractivity contribution in [2.75, 3.05) is 5.73 Å². The number of nitrogens with two attached hydrogens (primary N) is 1. The standard InChI is InChI=1S/C13H15N7O/c1-10(7-8-11-5-3-2-4-6-11)15-16-12(21)9-20-18-13(14)17-19-20/h2-8,15H,1,9H2,(H2,14,18)(H,16,21). The van der Waals surface area contributed by atoms with Crippen LogP contribution in [-0.4, -0.2) is 26.1 Å². The monoisotopic (exact) mass is 285 g/mol. The van der Waals surface area contributed by atoms with Crippen molar-refractivity contribution in [2.24, 2.45) is 0 Å². The van der Waals surface area contributed by atoms with Crippen LogP contribution in [0.15, 0.2) is 48.7 Å². The normalized spacial score (nSPS) is 10.5. The number of carbonyl (C=O) groups is 1. The zero-order chi connectivity index (χ0) is 15.1. The third-order valence-electron chi connectivity index (χ3n) is 2.39. The lowest BCUT2D eigenvalue weighted by Gasteiger charge is -2.07. The number of nitrogens with one attached hydrogen (secondary N) is 2. The van der Waals surface area contributed by atoms with E-state index < -0.39 is 0 Å². The van der Waals surface area contributed by atoms with Crippen molar-refractivity contribution in [3.05, 3.63) is 54.2 Å². The van der Waals surface area contributed by atoms with Gasteiger partial charge in [-0.15, -0.1) is 5.10 Å². The average Bonchev–Trinajstić information content (AvgIpc) is 2.89. The predicted molar refractivity (Wildman–Crippen MR) is 78.1 cm³/mol. The Hall–Kier alpha value is -3.16. The molecule has 1 aromatic carbocycles. The Kier molecular flexibility index (Phi) is 4.65. The lowest BCUT2D eigenvalue weighted by atomic mass is 10.2. The first-order valence-corrected chi connectivity index (χ1v) is 6.13. The van der Waals surface area contributed by atoms with Gasteiger partial charge < -0.3 is 5.73 Å². The molecule has 0 unspecified atom stereocenters. The van der Waals surface area contributed by atoms with Crippen LogP contribution in [0.1, 0.15) is 5.56 Å². The molecule has 2 aromatic rings. The third kappa shape index (κ3) is 4.78. The fourth-order valence-corrected chi connectivity index (χ4v) is 1.44. The minimum absolute atomic E-state index is 0.0194. The van der Waals surface area contributed by atoms with Gasteiger partial charge in [0.15, 0.2) is 0 Å². The molecule has 1 aromatic heterocycles. The highest BCUT2D eigenvalue weighted by molar-refractivity contribution is 5.75. The second-order valence-corrected chi connectivity index (χ2v) is 4.12. The molecule has 0 bridgehead atoms. The van der Waals surface area contributed by atoms with Gasteiger partial charge in [0.2, 0.25) is 0 Å². The van der Waals surface area contributed by atoms with E-state index in [1.165, 1.54) is 0 Å². The maximum atomic E-state index is 11.6. The Morgan fingerprint density at radius 3 is 2.76 bits per heavy atom. The summed E-state index contributed by atoms with van der Waals surface area (Å²) in [6.07, 6.45) is 3.63. The lowest BCUT2D eigenvalue weighted by molar-refractivity contribution is -0.122. The molecule has 0 fully saturated rings. The van der Waals surface area contributed by atoms with Gasteiger partial charge in [0.1, 0.15) is 6.54 Å². The van der Waals surface area contributed by atoms with E-state index in [0.29, 0.717) is 5.70 Å². The van der Waals surface area contributed by atoms with Crippen molar-refractivity contribution in [1.29, 1.82) is 0 Å². The second-order valence-electron chi connectivity index (χ2n) is 4.12. The minimum Gasteiger partial charge on any atom is -0.365 e. The van der Waals surface area contributed by atoms with Crippen LogP contribution in [0, 0.1) is 0 Å². The van der Waals surface area contributed by atoms with Crippen molar-refractivity contribution in [3.8, 4) is 0 Å². The van der Waals surface area contributed by atoms with Crippen LogP contribution >= 0.6 is 0 Å². The highest BCUT2D eigenvalue weighted by Crippen LogP contribution is 2.02. The molecule has 21 heavy (non-hydrogen) atoms. The highest BCUT2D eigenvalue weighted by Gasteiger charge is 2.05. The number of allylic oxidation sites excluding steroid dienone is 1. The summed E-state index contributed by atoms with van der Waals surface area (Å²) in [4.78, 5) is 12.7. The van der Waals surface area contributed by atoms with Gasteiger partial charge in [-0.1, -0.05) is 48.1 Å². The third-order valence-corrected chi connectivity index (χ3v) is 2.39. The first-order chi connectivity index (χ1) is 10.1. The number of anilines is 1. The predicted octanol–water partition coefficient (Wildman–Crippen LogP) is 0.103. The number of aromatic nitrogens is 4. The van der Waals surface area contributed by atoms with Crippen LogP contribution in [0.2, 0.25) is 0 Å². The summed E-state index contributed by atoms with van der Waals surface area (Å²) in [5.74, 6) is -0.326. The summed E-state index contributed by atoms with van der Waals surface area (Å²) >= 11 is 0. The first kappa shape index (κ1) is 14.3. The molecule has 8 heteroatoms. The average molecular weight is 285 g/mol. The fourth-order valence-electron chi connectivity index (χ4n) is 1.44. The van der Waals surface area contributed by atoms with Gasteiger partial charge in [-0.3, -0.25) is 15.6 Å². The van der Waals surface area contributed by atoms with Crippen LogP contribution in [0.3, 0.4) is 0 Å². The van der Waals surface area contributed by atoms with Gasteiger partial charge in [0, 0.05) is 5.70 Å². The van der Waals surface area contributed by atoms with E-state index in [9.17, 15) is 4.79 Å². The fraction of sp³-hybridized carbons (Fsp3) is 0.0769. The molecule has 0 saturated heterocycles. The number of hydrogen-bond donors (Lipinski definition) is 3. The zero-order valence-electron chi connectivity index (χ0n) is 11.2. The van der Waals surface area contributed by atoms with Crippen molar-refractivity contribution in [1.82, 2.24) is 31.1 Å². The minimum atomic E-state index is -0.346. The maximum Gasteiger partial charge on any atom is 0.261 e. The zero-order valence-corrected chi connectivity index (χ0v) is 11.2. The maximum absolute atomic E-state index is 11.6. The molecule has 1 amide bonds. The van der Waals surface area contributed by atoms with Crippen LogP contribution in [0.5, 0.6) is 0 Å². The first-order valence-electron chi connectivity index (χ1n) is 6.13. The number of hydrazine groups is 1. The molecule has 2 rings (SSSR count). The molecule has 1 heterocycles. The number of tetrazole rings is 1. The lowest BCUT2D eigenvalue weighted by Crippen LogP contribution is -2.38. The molecule has 0 saturated carbocycles. The SMILES string of the molecule is C=C(C=Cc1ccccc1)NNC(=O)Cn1nnc(N)n1. The van der Waals surface area contributed by atoms with E-state index in [-0.39, 0.29) is 18.4 Å². The summed E-state index contributed by atoms with van der Waals surface area (Å²) in [6, 6.07) is 9.74. The van der Waals surface area contributed by atoms with E-state index in [0.717, 1.165) is 10.4 Å². The number of benzene rings is 1. The summed E-state index contributed by atoms with van der Waals surface area (Å²) in [5.41, 5.74) is 12.0. The molecule has 0 radical (unpaired) electrons. The molecule has 0 aliphatic carbocycles. The number of amides is 1.